The van der Waals surface area contributed by atoms with Gasteiger partial charge in [0.05, 0.1) is 5.56 Å². The summed E-state index contributed by atoms with van der Waals surface area (Å²) in [5, 5.41) is 0. The summed E-state index contributed by atoms with van der Waals surface area (Å²) in [6.07, 6.45) is 16.2. The molecular formula is C31H42O2. The topological polar surface area (TPSA) is 26.3 Å². The van der Waals surface area contributed by atoms with Gasteiger partial charge in [-0.2, -0.15) is 0 Å². The molecule has 2 aliphatic carbocycles. The Bertz CT molecular complexity index is 851. The Morgan fingerprint density at radius 1 is 0.758 bits per heavy atom. The highest BCUT2D eigenvalue weighted by Crippen LogP contribution is 2.44. The summed E-state index contributed by atoms with van der Waals surface area (Å²) in [6.45, 7) is 4.49. The molecule has 0 saturated heterocycles. The van der Waals surface area contributed by atoms with Crippen molar-refractivity contribution in [2.75, 3.05) is 0 Å². The van der Waals surface area contributed by atoms with Gasteiger partial charge in [-0.1, -0.05) is 70.2 Å². The minimum atomic E-state index is -0.278. The van der Waals surface area contributed by atoms with E-state index in [0.29, 0.717) is 17.2 Å². The smallest absolute Gasteiger partial charge is 0.343 e. The number of hydrogen-bond acceptors (Lipinski definition) is 2. The SMILES string of the molecule is CCCc1ccc(C(=O)Oc2ccc(C3CCC(C4CCC(CCC)CC4)CC3)cc2)cc1. The number of hydrogen-bond donors (Lipinski definition) is 0. The van der Waals surface area contributed by atoms with E-state index in [9.17, 15) is 4.79 Å². The molecule has 2 aromatic rings. The van der Waals surface area contributed by atoms with Crippen LogP contribution in [-0.2, 0) is 6.42 Å². The molecule has 0 heterocycles. The number of esters is 1. The van der Waals surface area contributed by atoms with Gasteiger partial charge in [-0.15, -0.1) is 0 Å². The van der Waals surface area contributed by atoms with Crippen LogP contribution in [0.1, 0.15) is 112 Å². The number of carbonyl (C=O) groups excluding carboxylic acids is 1. The molecule has 0 atom stereocenters. The monoisotopic (exact) mass is 446 g/mol. The van der Waals surface area contributed by atoms with E-state index >= 15 is 0 Å². The first-order valence-corrected chi connectivity index (χ1v) is 13.6. The van der Waals surface area contributed by atoms with Gasteiger partial charge in [0.15, 0.2) is 0 Å². The van der Waals surface area contributed by atoms with Crippen molar-refractivity contribution in [3.8, 4) is 5.75 Å². The fourth-order valence-corrected chi connectivity index (χ4v) is 6.35. The second-order valence-corrected chi connectivity index (χ2v) is 10.6. The van der Waals surface area contributed by atoms with E-state index in [0.717, 1.165) is 30.6 Å². The number of ether oxygens (including phenoxy) is 1. The summed E-state index contributed by atoms with van der Waals surface area (Å²) in [6, 6.07) is 16.1. The predicted octanol–water partition coefficient (Wildman–Crippen LogP) is 8.74. The molecule has 0 radical (unpaired) electrons. The molecule has 0 aromatic heterocycles. The highest BCUT2D eigenvalue weighted by molar-refractivity contribution is 5.91. The van der Waals surface area contributed by atoms with Crippen LogP contribution in [0.2, 0.25) is 0 Å². The molecule has 0 N–H and O–H groups in total. The lowest BCUT2D eigenvalue weighted by molar-refractivity contribution is 0.0734. The maximum absolute atomic E-state index is 12.5. The Hall–Kier alpha value is -2.09. The Balaban J connectivity index is 1.24. The number of benzene rings is 2. The average molecular weight is 447 g/mol. The highest BCUT2D eigenvalue weighted by Gasteiger charge is 2.31. The summed E-state index contributed by atoms with van der Waals surface area (Å²) in [4.78, 5) is 12.5. The van der Waals surface area contributed by atoms with Crippen molar-refractivity contribution in [1.82, 2.24) is 0 Å². The Morgan fingerprint density at radius 2 is 1.36 bits per heavy atom. The number of carbonyl (C=O) groups is 1. The number of aryl methyl sites for hydroxylation is 1. The Labute approximate surface area is 201 Å². The van der Waals surface area contributed by atoms with Crippen molar-refractivity contribution in [2.24, 2.45) is 17.8 Å². The first kappa shape index (κ1) is 24.0. The van der Waals surface area contributed by atoms with Crippen LogP contribution in [0.4, 0.5) is 0 Å². The summed E-state index contributed by atoms with van der Waals surface area (Å²) in [5.74, 6) is 3.97. The third kappa shape index (κ3) is 6.49. The van der Waals surface area contributed by atoms with Crippen LogP contribution in [0, 0.1) is 17.8 Å². The zero-order valence-corrected chi connectivity index (χ0v) is 20.7. The fourth-order valence-electron chi connectivity index (χ4n) is 6.35. The molecule has 2 aromatic carbocycles. The van der Waals surface area contributed by atoms with Crippen LogP contribution < -0.4 is 4.74 Å². The van der Waals surface area contributed by atoms with Crippen molar-refractivity contribution in [1.29, 1.82) is 0 Å². The Kier molecular flexibility index (Phi) is 8.64. The number of rotatable bonds is 8. The van der Waals surface area contributed by atoms with Crippen molar-refractivity contribution in [3.63, 3.8) is 0 Å². The van der Waals surface area contributed by atoms with Crippen LogP contribution >= 0.6 is 0 Å². The van der Waals surface area contributed by atoms with Gasteiger partial charge < -0.3 is 4.74 Å². The van der Waals surface area contributed by atoms with E-state index in [1.807, 2.05) is 36.4 Å². The van der Waals surface area contributed by atoms with E-state index in [2.05, 4.69) is 26.0 Å². The lowest BCUT2D eigenvalue weighted by Gasteiger charge is -2.38. The molecule has 2 heteroatoms. The molecule has 0 amide bonds. The average Bonchev–Trinajstić information content (AvgIpc) is 2.86. The largest absolute Gasteiger partial charge is 0.423 e. The van der Waals surface area contributed by atoms with Crippen LogP contribution in [0.15, 0.2) is 48.5 Å². The molecule has 2 aliphatic rings. The zero-order valence-electron chi connectivity index (χ0n) is 20.7. The Morgan fingerprint density at radius 3 is 1.94 bits per heavy atom. The second-order valence-electron chi connectivity index (χ2n) is 10.6. The minimum absolute atomic E-state index is 0.278. The van der Waals surface area contributed by atoms with Gasteiger partial charge in [0.1, 0.15) is 5.75 Å². The van der Waals surface area contributed by atoms with E-state index in [-0.39, 0.29) is 5.97 Å². The van der Waals surface area contributed by atoms with Crippen molar-refractivity contribution in [2.45, 2.75) is 96.8 Å². The normalized spacial score (nSPS) is 25.5. The quantitative estimate of drug-likeness (QED) is 0.299. The molecule has 0 aliphatic heterocycles. The van der Waals surface area contributed by atoms with Gasteiger partial charge in [0, 0.05) is 0 Å². The van der Waals surface area contributed by atoms with Crippen LogP contribution in [-0.4, -0.2) is 5.97 Å². The highest BCUT2D eigenvalue weighted by atomic mass is 16.5. The van der Waals surface area contributed by atoms with Crippen LogP contribution in [0.5, 0.6) is 5.75 Å². The van der Waals surface area contributed by atoms with Gasteiger partial charge in [-0.3, -0.25) is 0 Å². The molecule has 0 unspecified atom stereocenters. The van der Waals surface area contributed by atoms with E-state index in [1.54, 1.807) is 0 Å². The maximum atomic E-state index is 12.5. The van der Waals surface area contributed by atoms with E-state index in [4.69, 9.17) is 4.74 Å². The van der Waals surface area contributed by atoms with Gasteiger partial charge in [0.2, 0.25) is 0 Å². The molecule has 0 spiro atoms. The summed E-state index contributed by atoms with van der Waals surface area (Å²) >= 11 is 0. The summed E-state index contributed by atoms with van der Waals surface area (Å²) < 4.78 is 5.63. The van der Waals surface area contributed by atoms with Gasteiger partial charge >= 0.3 is 5.97 Å². The second kappa shape index (κ2) is 11.9. The van der Waals surface area contributed by atoms with E-state index in [1.165, 1.54) is 75.3 Å². The molecule has 0 bridgehead atoms. The van der Waals surface area contributed by atoms with Crippen molar-refractivity contribution < 1.29 is 9.53 Å². The molecule has 2 nitrogen and oxygen atoms in total. The third-order valence-corrected chi connectivity index (χ3v) is 8.32. The van der Waals surface area contributed by atoms with Crippen LogP contribution in [0.25, 0.3) is 0 Å². The molecule has 2 saturated carbocycles. The lowest BCUT2D eigenvalue weighted by Crippen LogP contribution is -2.25. The molecule has 4 rings (SSSR count). The van der Waals surface area contributed by atoms with Gasteiger partial charge in [-0.05, 0) is 104 Å². The summed E-state index contributed by atoms with van der Waals surface area (Å²) in [5.41, 5.74) is 3.28. The lowest BCUT2D eigenvalue weighted by atomic mass is 9.68. The molecular weight excluding hydrogens is 404 g/mol. The zero-order chi connectivity index (χ0) is 23.0. The van der Waals surface area contributed by atoms with Crippen molar-refractivity contribution >= 4 is 5.97 Å². The minimum Gasteiger partial charge on any atom is -0.423 e. The van der Waals surface area contributed by atoms with Crippen molar-refractivity contribution in [3.05, 3.63) is 65.2 Å². The van der Waals surface area contributed by atoms with Gasteiger partial charge in [0.25, 0.3) is 0 Å². The fraction of sp³-hybridized carbons (Fsp3) is 0.581. The summed E-state index contributed by atoms with van der Waals surface area (Å²) in [7, 11) is 0. The predicted molar refractivity (Wildman–Crippen MR) is 137 cm³/mol. The van der Waals surface area contributed by atoms with E-state index < -0.39 is 0 Å². The molecule has 33 heavy (non-hydrogen) atoms. The van der Waals surface area contributed by atoms with Gasteiger partial charge in [-0.25, -0.2) is 4.79 Å². The molecule has 178 valence electrons. The molecule has 2 fully saturated rings. The first-order valence-electron chi connectivity index (χ1n) is 13.6. The maximum Gasteiger partial charge on any atom is 0.343 e. The third-order valence-electron chi connectivity index (χ3n) is 8.32. The first-order chi connectivity index (χ1) is 16.2. The standard InChI is InChI=1S/C31H42O2/c1-3-5-23-7-11-25(12-8-23)26-15-17-27(18-16-26)28-19-21-30(22-20-28)33-31(32)29-13-9-24(6-4-2)10-14-29/h9-10,13-14,19-23,25-27H,3-8,11-12,15-18H2,1-2H3. The van der Waals surface area contributed by atoms with Crippen LogP contribution in [0.3, 0.4) is 0 Å².